The van der Waals surface area contributed by atoms with Crippen LogP contribution >= 0.6 is 11.3 Å². The summed E-state index contributed by atoms with van der Waals surface area (Å²) in [5.41, 5.74) is 9.46. The second kappa shape index (κ2) is 13.0. The maximum absolute atomic E-state index is 6.78. The Morgan fingerprint density at radius 2 is 0.931 bits per heavy atom. The fourth-order valence-corrected chi connectivity index (χ4v) is 9.46. The molecule has 0 N–H and O–H groups in total. The van der Waals surface area contributed by atoms with Crippen molar-refractivity contribution in [2.75, 3.05) is 0 Å². The molecule has 270 valence electrons. The monoisotopic (exact) mass is 758 g/mol. The minimum Gasteiger partial charge on any atom is -0.455 e. The van der Waals surface area contributed by atoms with Gasteiger partial charge in [-0.1, -0.05) is 140 Å². The van der Waals surface area contributed by atoms with Gasteiger partial charge in [0.15, 0.2) is 17.5 Å². The van der Waals surface area contributed by atoms with Crippen molar-refractivity contribution in [3.63, 3.8) is 0 Å². The normalized spacial score (nSPS) is 11.8. The van der Waals surface area contributed by atoms with E-state index in [0.717, 1.165) is 82.7 Å². The number of nitrogens with zero attached hydrogens (tertiary/aromatic N) is 4. The first-order chi connectivity index (χ1) is 28.7. The molecule has 0 saturated carbocycles. The first-order valence-corrected chi connectivity index (χ1v) is 20.1. The fraction of sp³-hybridized carbons (Fsp3) is 0. The molecule has 5 nitrogen and oxygen atoms in total. The molecule has 0 saturated heterocycles. The van der Waals surface area contributed by atoms with E-state index < -0.39 is 0 Å². The van der Waals surface area contributed by atoms with Crippen molar-refractivity contribution in [1.82, 2.24) is 19.9 Å². The minimum absolute atomic E-state index is 0.611. The third kappa shape index (κ3) is 5.23. The number of para-hydroxylation sites is 2. The van der Waals surface area contributed by atoms with E-state index in [0.29, 0.717) is 17.5 Å². The summed E-state index contributed by atoms with van der Waals surface area (Å²) < 4.78 is 9.29. The maximum atomic E-state index is 6.78. The van der Waals surface area contributed by atoms with Gasteiger partial charge >= 0.3 is 0 Å². The molecule has 0 aliphatic carbocycles. The summed E-state index contributed by atoms with van der Waals surface area (Å²) in [7, 11) is 0. The van der Waals surface area contributed by atoms with E-state index in [2.05, 4.69) is 140 Å². The van der Waals surface area contributed by atoms with Gasteiger partial charge in [0.2, 0.25) is 0 Å². The van der Waals surface area contributed by atoms with Crippen LogP contribution in [0.4, 0.5) is 0 Å². The number of hydrogen-bond acceptors (Lipinski definition) is 6. The molecule has 6 heteroatoms. The van der Waals surface area contributed by atoms with Crippen molar-refractivity contribution < 1.29 is 4.42 Å². The number of thiophene rings is 1. The molecule has 0 fully saturated rings. The van der Waals surface area contributed by atoms with Crippen LogP contribution in [0.3, 0.4) is 0 Å². The molecular formula is C52H30N4OS. The highest BCUT2D eigenvalue weighted by Gasteiger charge is 2.22. The summed E-state index contributed by atoms with van der Waals surface area (Å²) >= 11 is 1.80. The Labute approximate surface area is 336 Å². The highest BCUT2D eigenvalue weighted by atomic mass is 32.1. The largest absolute Gasteiger partial charge is 0.455 e. The van der Waals surface area contributed by atoms with E-state index >= 15 is 0 Å². The van der Waals surface area contributed by atoms with Crippen molar-refractivity contribution in [2.45, 2.75) is 0 Å². The van der Waals surface area contributed by atoms with Gasteiger partial charge in [0, 0.05) is 74.9 Å². The number of rotatable bonds is 5. The molecule has 0 bridgehead atoms. The van der Waals surface area contributed by atoms with E-state index in [9.17, 15) is 0 Å². The fourth-order valence-electron chi connectivity index (χ4n) is 8.37. The molecule has 0 spiro atoms. The van der Waals surface area contributed by atoms with Crippen molar-refractivity contribution in [3.8, 4) is 56.5 Å². The predicted molar refractivity (Wildman–Crippen MR) is 240 cm³/mol. The summed E-state index contributed by atoms with van der Waals surface area (Å²) in [6.45, 7) is 0. The first kappa shape index (κ1) is 32.7. The zero-order chi connectivity index (χ0) is 38.2. The summed E-state index contributed by atoms with van der Waals surface area (Å²) in [4.78, 5) is 20.5. The second-order valence-electron chi connectivity index (χ2n) is 14.6. The lowest BCUT2D eigenvalue weighted by molar-refractivity contribution is 0.670. The molecule has 4 heterocycles. The Kier molecular flexibility index (Phi) is 7.33. The molecule has 0 atom stereocenters. The van der Waals surface area contributed by atoms with Crippen molar-refractivity contribution in [1.29, 1.82) is 0 Å². The van der Waals surface area contributed by atoms with Crippen molar-refractivity contribution in [2.24, 2.45) is 0 Å². The SMILES string of the molecule is c1ccc(-c2nc(-c3ccc(-c4cc5c(-c6ccccc6)nc6ccccc6c5c5c4oc4ccccc45)cc3)nc(-c3ccc4sc5ccccc5c4c3)n2)cc1. The molecule has 0 aliphatic rings. The Balaban J connectivity index is 1.05. The lowest BCUT2D eigenvalue weighted by atomic mass is 9.91. The van der Waals surface area contributed by atoms with Crippen LogP contribution < -0.4 is 0 Å². The van der Waals surface area contributed by atoms with Gasteiger partial charge in [0.05, 0.1) is 11.2 Å². The molecule has 4 aromatic heterocycles. The van der Waals surface area contributed by atoms with Gasteiger partial charge in [0.25, 0.3) is 0 Å². The highest BCUT2D eigenvalue weighted by molar-refractivity contribution is 7.25. The van der Waals surface area contributed by atoms with Gasteiger partial charge < -0.3 is 4.42 Å². The number of hydrogen-bond donors (Lipinski definition) is 0. The van der Waals surface area contributed by atoms with Crippen molar-refractivity contribution >= 4 is 75.1 Å². The zero-order valence-corrected chi connectivity index (χ0v) is 31.7. The quantitative estimate of drug-likeness (QED) is 0.164. The molecule has 12 aromatic rings. The number of furan rings is 1. The highest BCUT2D eigenvalue weighted by Crippen LogP contribution is 2.46. The molecule has 0 aliphatic heterocycles. The van der Waals surface area contributed by atoms with E-state index in [1.807, 2.05) is 42.5 Å². The molecule has 0 unspecified atom stereocenters. The second-order valence-corrected chi connectivity index (χ2v) is 15.6. The Morgan fingerprint density at radius 3 is 1.71 bits per heavy atom. The molecular weight excluding hydrogens is 729 g/mol. The molecule has 12 rings (SSSR count). The third-order valence-electron chi connectivity index (χ3n) is 11.1. The number of pyridine rings is 1. The lowest BCUT2D eigenvalue weighted by Crippen LogP contribution is -2.00. The summed E-state index contributed by atoms with van der Waals surface area (Å²) in [5, 5.41) is 7.93. The molecule has 0 amide bonds. The van der Waals surface area contributed by atoms with E-state index in [1.165, 1.54) is 20.2 Å². The Morgan fingerprint density at radius 1 is 0.362 bits per heavy atom. The number of aromatic nitrogens is 4. The van der Waals surface area contributed by atoms with Gasteiger partial charge in [-0.15, -0.1) is 11.3 Å². The third-order valence-corrected chi connectivity index (χ3v) is 12.3. The molecule has 58 heavy (non-hydrogen) atoms. The topological polar surface area (TPSA) is 64.7 Å². The summed E-state index contributed by atoms with van der Waals surface area (Å²) in [5.74, 6) is 1.88. The summed E-state index contributed by atoms with van der Waals surface area (Å²) in [6, 6.07) is 63.1. The van der Waals surface area contributed by atoms with E-state index in [-0.39, 0.29) is 0 Å². The Hall–Kier alpha value is -7.54. The van der Waals surface area contributed by atoms with Crippen LogP contribution in [-0.2, 0) is 0 Å². The smallest absolute Gasteiger partial charge is 0.164 e. The van der Waals surface area contributed by atoms with Gasteiger partial charge in [0.1, 0.15) is 11.2 Å². The summed E-state index contributed by atoms with van der Waals surface area (Å²) in [6.07, 6.45) is 0. The van der Waals surface area contributed by atoms with Crippen LogP contribution in [0, 0.1) is 0 Å². The standard InChI is InChI=1S/C52H30N4OS/c1-3-13-32(14-4-1)48-41-30-39(49-47(38-19-8-11-21-43(38)57-49)46(41)37-18-7-10-20-42(37)53-48)31-23-25-34(26-24-31)51-54-50(33-15-5-2-6-16-33)55-52(56-51)35-27-28-45-40(29-35)36-17-9-12-22-44(36)58-45/h1-30H. The molecule has 0 radical (unpaired) electrons. The average molecular weight is 759 g/mol. The number of benzene rings is 8. The minimum atomic E-state index is 0.611. The first-order valence-electron chi connectivity index (χ1n) is 19.3. The van der Waals surface area contributed by atoms with Gasteiger partial charge in [-0.05, 0) is 48.0 Å². The molecule has 8 aromatic carbocycles. The van der Waals surface area contributed by atoms with Gasteiger partial charge in [-0.3, -0.25) is 0 Å². The van der Waals surface area contributed by atoms with E-state index in [4.69, 9.17) is 24.4 Å². The van der Waals surface area contributed by atoms with Gasteiger partial charge in [-0.25, -0.2) is 19.9 Å². The van der Waals surface area contributed by atoms with Gasteiger partial charge in [-0.2, -0.15) is 0 Å². The van der Waals surface area contributed by atoms with Crippen LogP contribution in [0.1, 0.15) is 0 Å². The van der Waals surface area contributed by atoms with Crippen LogP contribution in [0.5, 0.6) is 0 Å². The van der Waals surface area contributed by atoms with Crippen LogP contribution in [0.2, 0.25) is 0 Å². The van der Waals surface area contributed by atoms with Crippen LogP contribution in [0.25, 0.3) is 120 Å². The average Bonchev–Trinajstić information content (AvgIpc) is 3.88. The Bertz CT molecular complexity index is 3560. The maximum Gasteiger partial charge on any atom is 0.164 e. The van der Waals surface area contributed by atoms with Crippen LogP contribution in [-0.4, -0.2) is 19.9 Å². The van der Waals surface area contributed by atoms with E-state index in [1.54, 1.807) is 11.3 Å². The predicted octanol–water partition coefficient (Wildman–Crippen LogP) is 14.2. The number of fused-ring (bicyclic) bond motifs is 10. The van der Waals surface area contributed by atoms with Crippen LogP contribution in [0.15, 0.2) is 186 Å². The van der Waals surface area contributed by atoms with Crippen molar-refractivity contribution in [3.05, 3.63) is 182 Å². The zero-order valence-electron chi connectivity index (χ0n) is 30.9. The lowest BCUT2D eigenvalue weighted by Gasteiger charge is -2.14.